The third-order valence-electron chi connectivity index (χ3n) is 3.83. The predicted octanol–water partition coefficient (Wildman–Crippen LogP) is 2.31. The second kappa shape index (κ2) is 7.67. The molecule has 6 heteroatoms. The summed E-state index contributed by atoms with van der Waals surface area (Å²) in [6.45, 7) is 2.17. The zero-order valence-corrected chi connectivity index (χ0v) is 13.8. The Kier molecular flexibility index (Phi) is 5.62. The minimum atomic E-state index is -0.366. The summed E-state index contributed by atoms with van der Waals surface area (Å²) in [5, 5.41) is 3.11. The molecule has 0 aromatic heterocycles. The number of ether oxygens (including phenoxy) is 2. The van der Waals surface area contributed by atoms with Crippen molar-refractivity contribution in [3.8, 4) is 11.5 Å². The van der Waals surface area contributed by atoms with Crippen molar-refractivity contribution in [2.75, 3.05) is 20.8 Å². The number of nitrogens with two attached hydrogens (primary N) is 1. The Balaban J connectivity index is 2.27. The largest absolute Gasteiger partial charge is 0.493 e. The van der Waals surface area contributed by atoms with E-state index in [9.17, 15) is 4.79 Å². The Morgan fingerprint density at radius 2 is 2.00 bits per heavy atom. The maximum atomic E-state index is 10.9. The third-order valence-corrected chi connectivity index (χ3v) is 3.83. The van der Waals surface area contributed by atoms with Gasteiger partial charge < -0.3 is 20.5 Å². The summed E-state index contributed by atoms with van der Waals surface area (Å²) in [6, 6.07) is 5.59. The number of allylic oxidation sites excluding steroid dienone is 2. The highest BCUT2D eigenvalue weighted by atomic mass is 16.5. The lowest BCUT2D eigenvalue weighted by molar-refractivity contribution is -0.117. The molecule has 1 aromatic carbocycles. The maximum absolute atomic E-state index is 10.9. The molecule has 1 amide bonds. The quantitative estimate of drug-likeness (QED) is 0.843. The first kappa shape index (κ1) is 16.9. The van der Waals surface area contributed by atoms with Gasteiger partial charge in [0, 0.05) is 17.5 Å². The van der Waals surface area contributed by atoms with E-state index in [-0.39, 0.29) is 12.5 Å². The zero-order chi connectivity index (χ0) is 16.8. The van der Waals surface area contributed by atoms with Gasteiger partial charge in [-0.3, -0.25) is 9.79 Å². The van der Waals surface area contributed by atoms with Gasteiger partial charge in [-0.15, -0.1) is 0 Å². The number of carbonyl (C=O) groups is 1. The Morgan fingerprint density at radius 3 is 2.65 bits per heavy atom. The summed E-state index contributed by atoms with van der Waals surface area (Å²) in [7, 11) is 3.21. The van der Waals surface area contributed by atoms with Crippen LogP contribution in [0.5, 0.6) is 11.5 Å². The number of primary amides is 1. The SMILES string of the molecule is COc1ccc(N=C2CCCC(NCC(N)=O)=C2C)cc1OC. The summed E-state index contributed by atoms with van der Waals surface area (Å²) >= 11 is 0. The van der Waals surface area contributed by atoms with Gasteiger partial charge in [-0.25, -0.2) is 0 Å². The smallest absolute Gasteiger partial charge is 0.236 e. The normalized spacial score (nSPS) is 16.4. The molecule has 0 heterocycles. The van der Waals surface area contributed by atoms with E-state index in [1.54, 1.807) is 14.2 Å². The Bertz CT molecular complexity index is 650. The number of nitrogens with zero attached hydrogens (tertiary/aromatic N) is 1. The predicted molar refractivity (Wildman–Crippen MR) is 90.4 cm³/mol. The Hall–Kier alpha value is -2.50. The molecule has 0 aliphatic heterocycles. The van der Waals surface area contributed by atoms with Crippen LogP contribution in [-0.4, -0.2) is 32.4 Å². The van der Waals surface area contributed by atoms with Crippen LogP contribution in [-0.2, 0) is 4.79 Å². The molecule has 0 saturated heterocycles. The molecule has 124 valence electrons. The zero-order valence-electron chi connectivity index (χ0n) is 13.8. The molecule has 0 unspecified atom stereocenters. The van der Waals surface area contributed by atoms with Gasteiger partial charge in [0.15, 0.2) is 11.5 Å². The van der Waals surface area contributed by atoms with Gasteiger partial charge in [0.25, 0.3) is 0 Å². The molecule has 2 rings (SSSR count). The van der Waals surface area contributed by atoms with Gasteiger partial charge >= 0.3 is 0 Å². The van der Waals surface area contributed by atoms with Crippen molar-refractivity contribution in [1.29, 1.82) is 0 Å². The lowest BCUT2D eigenvalue weighted by atomic mass is 9.95. The molecular formula is C17H23N3O3. The number of benzene rings is 1. The molecule has 0 atom stereocenters. The Morgan fingerprint density at radius 1 is 1.26 bits per heavy atom. The number of carbonyl (C=O) groups excluding carboxylic acids is 1. The second-order valence-electron chi connectivity index (χ2n) is 5.37. The van der Waals surface area contributed by atoms with Gasteiger partial charge in [-0.05, 0) is 43.9 Å². The summed E-state index contributed by atoms with van der Waals surface area (Å²) < 4.78 is 10.5. The summed E-state index contributed by atoms with van der Waals surface area (Å²) in [6.07, 6.45) is 2.80. The van der Waals surface area contributed by atoms with Gasteiger partial charge in [0.05, 0.1) is 26.5 Å². The van der Waals surface area contributed by atoms with E-state index in [2.05, 4.69) is 5.32 Å². The fraction of sp³-hybridized carbons (Fsp3) is 0.412. The lowest BCUT2D eigenvalue weighted by Crippen LogP contribution is -2.30. The summed E-state index contributed by atoms with van der Waals surface area (Å²) in [5.74, 6) is 0.962. The van der Waals surface area contributed by atoms with Gasteiger partial charge in [-0.1, -0.05) is 0 Å². The molecule has 6 nitrogen and oxygen atoms in total. The molecule has 1 aliphatic rings. The van der Waals surface area contributed by atoms with Crippen LogP contribution in [0.4, 0.5) is 5.69 Å². The monoisotopic (exact) mass is 317 g/mol. The van der Waals surface area contributed by atoms with Gasteiger partial charge in [0.2, 0.25) is 5.91 Å². The molecule has 1 aliphatic carbocycles. The first-order chi connectivity index (χ1) is 11.0. The van der Waals surface area contributed by atoms with Crippen LogP contribution in [0.3, 0.4) is 0 Å². The molecule has 1 aromatic rings. The standard InChI is InChI=1S/C17H23N3O3/c1-11-13(19-10-17(18)21)5-4-6-14(11)20-12-7-8-15(22-2)16(9-12)23-3/h7-9,19H,4-6,10H2,1-3H3,(H2,18,21). The number of aliphatic imine (C=N–C) groups is 1. The number of hydrogen-bond acceptors (Lipinski definition) is 5. The van der Waals surface area contributed by atoms with Crippen LogP contribution >= 0.6 is 0 Å². The lowest BCUT2D eigenvalue weighted by Gasteiger charge is -2.21. The highest BCUT2D eigenvalue weighted by Gasteiger charge is 2.16. The highest BCUT2D eigenvalue weighted by molar-refractivity contribution is 6.02. The van der Waals surface area contributed by atoms with Crippen molar-refractivity contribution in [3.63, 3.8) is 0 Å². The first-order valence-electron chi connectivity index (χ1n) is 7.57. The van der Waals surface area contributed by atoms with E-state index >= 15 is 0 Å². The van der Waals surface area contributed by atoms with Crippen molar-refractivity contribution in [3.05, 3.63) is 29.5 Å². The maximum Gasteiger partial charge on any atom is 0.236 e. The summed E-state index contributed by atoms with van der Waals surface area (Å²) in [5.41, 5.74) is 9.13. The number of methoxy groups -OCH3 is 2. The van der Waals surface area contributed by atoms with Crippen LogP contribution in [0, 0.1) is 0 Å². The van der Waals surface area contributed by atoms with Crippen LogP contribution in [0.15, 0.2) is 34.5 Å². The molecule has 0 saturated carbocycles. The molecular weight excluding hydrogens is 294 g/mol. The minimum absolute atomic E-state index is 0.149. The number of nitrogens with one attached hydrogen (secondary N) is 1. The van der Waals surface area contributed by atoms with Crippen molar-refractivity contribution in [2.24, 2.45) is 10.7 Å². The van der Waals surface area contributed by atoms with Gasteiger partial charge in [0.1, 0.15) is 0 Å². The van der Waals surface area contributed by atoms with Crippen molar-refractivity contribution in [1.82, 2.24) is 5.32 Å². The third kappa shape index (κ3) is 4.25. The number of hydrogen-bond donors (Lipinski definition) is 2. The molecule has 0 spiro atoms. The van der Waals surface area contributed by atoms with Crippen LogP contribution in [0.2, 0.25) is 0 Å². The molecule has 0 bridgehead atoms. The topological polar surface area (TPSA) is 85.9 Å². The number of amides is 1. The van der Waals surface area contributed by atoms with Crippen molar-refractivity contribution in [2.45, 2.75) is 26.2 Å². The average Bonchev–Trinajstić information content (AvgIpc) is 2.55. The first-order valence-corrected chi connectivity index (χ1v) is 7.57. The average molecular weight is 317 g/mol. The van der Waals surface area contributed by atoms with Crippen LogP contribution < -0.4 is 20.5 Å². The molecule has 0 radical (unpaired) electrons. The fourth-order valence-corrected chi connectivity index (χ4v) is 2.59. The number of rotatable bonds is 6. The van der Waals surface area contributed by atoms with E-state index in [4.69, 9.17) is 20.2 Å². The van der Waals surface area contributed by atoms with Crippen molar-refractivity contribution >= 4 is 17.3 Å². The summed E-state index contributed by atoms with van der Waals surface area (Å²) in [4.78, 5) is 15.7. The molecule has 3 N–H and O–H groups in total. The van der Waals surface area contributed by atoms with Gasteiger partial charge in [-0.2, -0.15) is 0 Å². The van der Waals surface area contributed by atoms with E-state index in [0.717, 1.165) is 41.9 Å². The van der Waals surface area contributed by atoms with Crippen LogP contribution in [0.25, 0.3) is 0 Å². The van der Waals surface area contributed by atoms with E-state index in [0.29, 0.717) is 11.5 Å². The van der Waals surface area contributed by atoms with E-state index in [1.807, 2.05) is 25.1 Å². The molecule has 23 heavy (non-hydrogen) atoms. The minimum Gasteiger partial charge on any atom is -0.493 e. The molecule has 0 fully saturated rings. The second-order valence-corrected chi connectivity index (χ2v) is 5.37. The van der Waals surface area contributed by atoms with E-state index in [1.165, 1.54) is 0 Å². The van der Waals surface area contributed by atoms with Crippen molar-refractivity contribution < 1.29 is 14.3 Å². The van der Waals surface area contributed by atoms with Crippen LogP contribution in [0.1, 0.15) is 26.2 Å². The highest BCUT2D eigenvalue weighted by Crippen LogP contribution is 2.32. The Labute approximate surface area is 136 Å². The van der Waals surface area contributed by atoms with E-state index < -0.39 is 0 Å². The fourth-order valence-electron chi connectivity index (χ4n) is 2.59.